The molecule has 5 rings (SSSR count). The van der Waals surface area contributed by atoms with Gasteiger partial charge in [0.05, 0.1) is 11.1 Å². The lowest BCUT2D eigenvalue weighted by atomic mass is 10.1. The average Bonchev–Trinajstić information content (AvgIpc) is 3.44. The highest BCUT2D eigenvalue weighted by atomic mass is 16.6. The van der Waals surface area contributed by atoms with Crippen molar-refractivity contribution >= 4 is 17.8 Å². The number of hydrazone groups is 1. The molecule has 0 bridgehead atoms. The van der Waals surface area contributed by atoms with Crippen LogP contribution in [0, 0.1) is 10.1 Å². The molecule has 198 valence electrons. The highest BCUT2D eigenvalue weighted by Crippen LogP contribution is 2.24. The lowest BCUT2D eigenvalue weighted by Crippen LogP contribution is -2.45. The van der Waals surface area contributed by atoms with Crippen LogP contribution < -0.4 is 5.43 Å². The number of hydrogen-bond acceptors (Lipinski definition) is 7. The quantitative estimate of drug-likeness (QED) is 0.189. The third kappa shape index (κ3) is 7.04. The molecule has 0 atom stereocenters. The molecule has 4 aromatic rings. The molecule has 0 unspecified atom stereocenters. The van der Waals surface area contributed by atoms with Gasteiger partial charge in [0.15, 0.2) is 0 Å². The number of nitrogens with zero attached hydrogens (tertiary/aromatic N) is 4. The second kappa shape index (κ2) is 12.3. The Morgan fingerprint density at radius 3 is 2.08 bits per heavy atom. The number of non-ortho nitro benzene ring substituents is 1. The van der Waals surface area contributed by atoms with Crippen molar-refractivity contribution in [1.29, 1.82) is 0 Å². The zero-order chi connectivity index (χ0) is 27.0. The van der Waals surface area contributed by atoms with Crippen molar-refractivity contribution < 1.29 is 14.1 Å². The minimum Gasteiger partial charge on any atom is -0.455 e. The molecule has 1 N–H and O–H groups in total. The zero-order valence-electron chi connectivity index (χ0n) is 21.4. The first-order valence-corrected chi connectivity index (χ1v) is 12.8. The van der Waals surface area contributed by atoms with E-state index in [9.17, 15) is 14.9 Å². The summed E-state index contributed by atoms with van der Waals surface area (Å²) in [5, 5.41) is 14.8. The first-order chi connectivity index (χ1) is 19.0. The maximum atomic E-state index is 12.5. The molecule has 1 amide bonds. The molecule has 2 heterocycles. The summed E-state index contributed by atoms with van der Waals surface area (Å²) < 4.78 is 5.70. The molecule has 9 nitrogen and oxygen atoms in total. The Balaban J connectivity index is 1.07. The van der Waals surface area contributed by atoms with Gasteiger partial charge in [-0.25, -0.2) is 5.43 Å². The van der Waals surface area contributed by atoms with Crippen LogP contribution >= 0.6 is 0 Å². The van der Waals surface area contributed by atoms with Crippen LogP contribution in [0.5, 0.6) is 0 Å². The van der Waals surface area contributed by atoms with E-state index < -0.39 is 4.92 Å². The van der Waals surface area contributed by atoms with Crippen molar-refractivity contribution in [1.82, 2.24) is 15.2 Å². The van der Waals surface area contributed by atoms with Gasteiger partial charge in [-0.2, -0.15) is 5.10 Å². The predicted octanol–water partition coefficient (Wildman–Crippen LogP) is 4.94. The molecule has 0 aliphatic carbocycles. The number of rotatable bonds is 9. The fraction of sp³-hybridized carbons (Fsp3) is 0.200. The summed E-state index contributed by atoms with van der Waals surface area (Å²) in [7, 11) is 0. The van der Waals surface area contributed by atoms with E-state index in [1.807, 2.05) is 30.3 Å². The first-order valence-electron chi connectivity index (χ1n) is 12.8. The Morgan fingerprint density at radius 2 is 1.46 bits per heavy atom. The van der Waals surface area contributed by atoms with Crippen LogP contribution in [0.1, 0.15) is 27.2 Å². The third-order valence-corrected chi connectivity index (χ3v) is 6.68. The number of carbonyl (C=O) groups is 1. The van der Waals surface area contributed by atoms with Crippen LogP contribution in [0.2, 0.25) is 0 Å². The highest BCUT2D eigenvalue weighted by Gasteiger charge is 2.17. The summed E-state index contributed by atoms with van der Waals surface area (Å²) in [6.45, 7) is 5.96. The Morgan fingerprint density at radius 1 is 0.846 bits per heavy atom. The molecule has 0 spiro atoms. The van der Waals surface area contributed by atoms with Gasteiger partial charge in [0.2, 0.25) is 0 Å². The topological polar surface area (TPSA) is 104 Å². The minimum absolute atomic E-state index is 0.0141. The van der Waals surface area contributed by atoms with Gasteiger partial charge in [0, 0.05) is 62.5 Å². The molecule has 3 aromatic carbocycles. The zero-order valence-corrected chi connectivity index (χ0v) is 21.4. The number of hydrogen-bond donors (Lipinski definition) is 1. The number of nitrogens with one attached hydrogen (secondary N) is 1. The molecule has 39 heavy (non-hydrogen) atoms. The molecule has 1 aliphatic heterocycles. The number of carbonyl (C=O) groups excluding carboxylic acids is 1. The van der Waals surface area contributed by atoms with E-state index >= 15 is 0 Å². The van der Waals surface area contributed by atoms with E-state index in [1.54, 1.807) is 24.3 Å². The molecule has 1 aliphatic rings. The third-order valence-electron chi connectivity index (χ3n) is 6.68. The summed E-state index contributed by atoms with van der Waals surface area (Å²) >= 11 is 0. The summed E-state index contributed by atoms with van der Waals surface area (Å²) in [6, 6.07) is 27.7. The van der Waals surface area contributed by atoms with Gasteiger partial charge in [0.25, 0.3) is 11.6 Å². The molecule has 1 fully saturated rings. The minimum atomic E-state index is -0.449. The maximum absolute atomic E-state index is 12.5. The van der Waals surface area contributed by atoms with Gasteiger partial charge in [-0.15, -0.1) is 0 Å². The number of amides is 1. The van der Waals surface area contributed by atoms with E-state index in [2.05, 4.69) is 44.6 Å². The van der Waals surface area contributed by atoms with E-state index in [0.717, 1.165) is 39.3 Å². The maximum Gasteiger partial charge on any atom is 0.271 e. The van der Waals surface area contributed by atoms with Gasteiger partial charge in [-0.1, -0.05) is 42.5 Å². The second-order valence-electron chi connectivity index (χ2n) is 9.44. The number of furan rings is 1. The van der Waals surface area contributed by atoms with Crippen molar-refractivity contribution in [2.45, 2.75) is 13.1 Å². The Labute approximate surface area is 226 Å². The van der Waals surface area contributed by atoms with Crippen LogP contribution in [0.4, 0.5) is 5.69 Å². The second-order valence-corrected chi connectivity index (χ2v) is 9.44. The summed E-state index contributed by atoms with van der Waals surface area (Å²) in [4.78, 5) is 27.8. The SMILES string of the molecule is O=C(N/N=C\c1ccc(-c2ccc([N+](=O)[O-])cc2)o1)c1ccc(CN2CCN(Cc3ccccc3)CC2)cc1. The Kier molecular flexibility index (Phi) is 8.20. The van der Waals surface area contributed by atoms with Crippen molar-refractivity contribution in [2.75, 3.05) is 26.2 Å². The average molecular weight is 524 g/mol. The Hall–Kier alpha value is -4.60. The molecule has 1 saturated heterocycles. The van der Waals surface area contributed by atoms with E-state index in [-0.39, 0.29) is 11.6 Å². The smallest absolute Gasteiger partial charge is 0.271 e. The highest BCUT2D eigenvalue weighted by molar-refractivity contribution is 5.94. The van der Waals surface area contributed by atoms with Gasteiger partial charge < -0.3 is 4.42 Å². The largest absolute Gasteiger partial charge is 0.455 e. The van der Waals surface area contributed by atoms with Crippen LogP contribution in [-0.4, -0.2) is 53.0 Å². The molecule has 0 radical (unpaired) electrons. The molecule has 0 saturated carbocycles. The summed E-state index contributed by atoms with van der Waals surface area (Å²) in [6.07, 6.45) is 1.42. The van der Waals surface area contributed by atoms with Crippen molar-refractivity contribution in [3.8, 4) is 11.3 Å². The van der Waals surface area contributed by atoms with Crippen LogP contribution in [0.25, 0.3) is 11.3 Å². The Bertz CT molecular complexity index is 1420. The molecular formula is C30H29N5O4. The number of benzene rings is 3. The van der Waals surface area contributed by atoms with Gasteiger partial charge in [0.1, 0.15) is 11.5 Å². The van der Waals surface area contributed by atoms with Crippen LogP contribution in [0.3, 0.4) is 0 Å². The lowest BCUT2D eigenvalue weighted by Gasteiger charge is -2.34. The lowest BCUT2D eigenvalue weighted by molar-refractivity contribution is -0.384. The molecule has 1 aromatic heterocycles. The van der Waals surface area contributed by atoms with Crippen molar-refractivity contribution in [2.24, 2.45) is 5.10 Å². The van der Waals surface area contributed by atoms with Crippen molar-refractivity contribution in [3.05, 3.63) is 124 Å². The number of piperazine rings is 1. The fourth-order valence-electron chi connectivity index (χ4n) is 4.51. The van der Waals surface area contributed by atoms with Crippen molar-refractivity contribution in [3.63, 3.8) is 0 Å². The number of nitro groups is 1. The monoisotopic (exact) mass is 523 g/mol. The van der Waals surface area contributed by atoms with E-state index in [0.29, 0.717) is 22.6 Å². The first kappa shape index (κ1) is 26.0. The van der Waals surface area contributed by atoms with Gasteiger partial charge >= 0.3 is 0 Å². The summed E-state index contributed by atoms with van der Waals surface area (Å²) in [5.74, 6) is 0.684. The number of nitro benzene ring substituents is 1. The standard InChI is InChI=1S/C30H29N5O4/c36-30(32-31-20-28-14-15-29(39-28)25-10-12-27(13-11-25)35(37)38)26-8-6-24(7-9-26)22-34-18-16-33(17-19-34)21-23-4-2-1-3-5-23/h1-15,20H,16-19,21-22H2,(H,32,36)/b31-20-. The van der Waals surface area contributed by atoms with E-state index in [1.165, 1.54) is 29.5 Å². The molecule has 9 heteroatoms. The summed E-state index contributed by atoms with van der Waals surface area (Å²) in [5.41, 5.74) is 6.28. The molecular weight excluding hydrogens is 494 g/mol. The normalized spacial score (nSPS) is 14.5. The predicted molar refractivity (Wildman–Crippen MR) is 149 cm³/mol. The van der Waals surface area contributed by atoms with Crippen LogP contribution in [0.15, 0.2) is 101 Å². The van der Waals surface area contributed by atoms with Crippen LogP contribution in [-0.2, 0) is 13.1 Å². The van der Waals surface area contributed by atoms with E-state index in [4.69, 9.17) is 4.42 Å². The van der Waals surface area contributed by atoms with Gasteiger partial charge in [-0.3, -0.25) is 24.7 Å². The fourth-order valence-corrected chi connectivity index (χ4v) is 4.51. The van der Waals surface area contributed by atoms with Gasteiger partial charge in [-0.05, 0) is 47.5 Å².